The number of nitrogens with zero attached hydrogens (tertiary/aromatic N) is 2. The van der Waals surface area contributed by atoms with Crippen molar-refractivity contribution in [3.8, 4) is 0 Å². The SMILES string of the molecule is CC[C@@H]1CCCCN1C(=O)CN1C(=O)NC2(CCC(C)CC2)C1=O. The second-order valence-electron chi connectivity index (χ2n) is 7.73. The van der Waals surface area contributed by atoms with Gasteiger partial charge in [-0.25, -0.2) is 4.79 Å². The summed E-state index contributed by atoms with van der Waals surface area (Å²) >= 11 is 0. The molecule has 1 atom stereocenters. The van der Waals surface area contributed by atoms with Gasteiger partial charge in [-0.1, -0.05) is 13.8 Å². The van der Waals surface area contributed by atoms with Crippen molar-refractivity contribution in [2.45, 2.75) is 76.8 Å². The van der Waals surface area contributed by atoms with Crippen LogP contribution in [0.4, 0.5) is 4.79 Å². The fraction of sp³-hybridized carbons (Fsp3) is 0.833. The Morgan fingerprint density at radius 1 is 1.21 bits per heavy atom. The summed E-state index contributed by atoms with van der Waals surface area (Å²) in [7, 11) is 0. The Labute approximate surface area is 143 Å². The van der Waals surface area contributed by atoms with Crippen LogP contribution in [0.5, 0.6) is 0 Å². The number of nitrogens with one attached hydrogen (secondary N) is 1. The summed E-state index contributed by atoms with van der Waals surface area (Å²) in [5, 5.41) is 2.89. The van der Waals surface area contributed by atoms with Crippen molar-refractivity contribution in [2.24, 2.45) is 5.92 Å². The molecule has 1 spiro atoms. The molecule has 0 aromatic carbocycles. The van der Waals surface area contributed by atoms with Crippen LogP contribution in [0, 0.1) is 5.92 Å². The molecule has 1 saturated carbocycles. The number of likely N-dealkylation sites (tertiary alicyclic amines) is 1. The van der Waals surface area contributed by atoms with Crippen molar-refractivity contribution >= 4 is 17.8 Å². The molecule has 1 aliphatic carbocycles. The minimum atomic E-state index is -0.754. The van der Waals surface area contributed by atoms with Gasteiger partial charge in [0.1, 0.15) is 12.1 Å². The summed E-state index contributed by atoms with van der Waals surface area (Å²) in [6, 6.07) is -0.149. The molecule has 2 heterocycles. The van der Waals surface area contributed by atoms with Crippen LogP contribution in [0.3, 0.4) is 0 Å². The number of hydrogen-bond donors (Lipinski definition) is 1. The molecule has 2 saturated heterocycles. The third-order valence-corrected chi connectivity index (χ3v) is 6.09. The molecule has 0 aromatic rings. The van der Waals surface area contributed by atoms with Gasteiger partial charge in [-0.3, -0.25) is 14.5 Å². The van der Waals surface area contributed by atoms with Gasteiger partial charge in [0.2, 0.25) is 5.91 Å². The first-order valence-corrected chi connectivity index (χ1v) is 9.40. The van der Waals surface area contributed by atoms with E-state index in [-0.39, 0.29) is 24.4 Å². The smallest absolute Gasteiger partial charge is 0.325 e. The molecule has 24 heavy (non-hydrogen) atoms. The van der Waals surface area contributed by atoms with Crippen LogP contribution in [0.2, 0.25) is 0 Å². The zero-order valence-corrected chi connectivity index (χ0v) is 14.8. The minimum Gasteiger partial charge on any atom is -0.338 e. The number of carbonyl (C=O) groups is 3. The Morgan fingerprint density at radius 2 is 1.92 bits per heavy atom. The number of imide groups is 1. The number of carbonyl (C=O) groups excluding carboxylic acids is 3. The van der Waals surface area contributed by atoms with Crippen molar-refractivity contribution in [3.63, 3.8) is 0 Å². The summed E-state index contributed by atoms with van der Waals surface area (Å²) in [6.45, 7) is 4.89. The Hall–Kier alpha value is -1.59. The van der Waals surface area contributed by atoms with E-state index in [0.29, 0.717) is 18.8 Å². The molecule has 1 N–H and O–H groups in total. The molecule has 0 unspecified atom stereocenters. The first-order chi connectivity index (χ1) is 11.5. The Balaban J connectivity index is 1.67. The van der Waals surface area contributed by atoms with E-state index in [4.69, 9.17) is 0 Å². The maximum absolute atomic E-state index is 12.8. The molecule has 3 fully saturated rings. The van der Waals surface area contributed by atoms with Crippen LogP contribution >= 0.6 is 0 Å². The van der Waals surface area contributed by atoms with Crippen molar-refractivity contribution in [1.82, 2.24) is 15.1 Å². The van der Waals surface area contributed by atoms with Gasteiger partial charge in [0.15, 0.2) is 0 Å². The lowest BCUT2D eigenvalue weighted by Gasteiger charge is -2.36. The molecule has 3 rings (SSSR count). The average molecular weight is 335 g/mol. The van der Waals surface area contributed by atoms with E-state index in [1.165, 1.54) is 0 Å². The van der Waals surface area contributed by atoms with Gasteiger partial charge in [-0.2, -0.15) is 0 Å². The van der Waals surface area contributed by atoms with E-state index in [1.807, 2.05) is 4.90 Å². The third kappa shape index (κ3) is 3.03. The largest absolute Gasteiger partial charge is 0.338 e. The number of amides is 4. The van der Waals surface area contributed by atoms with E-state index in [1.54, 1.807) is 0 Å². The second kappa shape index (κ2) is 6.73. The normalized spacial score (nSPS) is 33.9. The minimum absolute atomic E-state index is 0.0914. The summed E-state index contributed by atoms with van der Waals surface area (Å²) in [6.07, 6.45) is 7.35. The third-order valence-electron chi connectivity index (χ3n) is 6.09. The van der Waals surface area contributed by atoms with Gasteiger partial charge >= 0.3 is 6.03 Å². The number of urea groups is 1. The van der Waals surface area contributed by atoms with Crippen LogP contribution in [0.25, 0.3) is 0 Å². The maximum Gasteiger partial charge on any atom is 0.325 e. The average Bonchev–Trinajstić information content (AvgIpc) is 2.82. The second-order valence-corrected chi connectivity index (χ2v) is 7.73. The molecule has 6 heteroatoms. The summed E-state index contributed by atoms with van der Waals surface area (Å²) < 4.78 is 0. The highest BCUT2D eigenvalue weighted by Gasteiger charge is 2.52. The summed E-state index contributed by atoms with van der Waals surface area (Å²) in [5.41, 5.74) is -0.754. The van der Waals surface area contributed by atoms with Crippen molar-refractivity contribution in [1.29, 1.82) is 0 Å². The summed E-state index contributed by atoms with van der Waals surface area (Å²) in [5.74, 6) is 0.304. The number of hydrogen-bond acceptors (Lipinski definition) is 3. The maximum atomic E-state index is 12.8. The quantitative estimate of drug-likeness (QED) is 0.805. The predicted molar refractivity (Wildman–Crippen MR) is 90.3 cm³/mol. The molecule has 0 aromatic heterocycles. The van der Waals surface area contributed by atoms with Gasteiger partial charge in [0.25, 0.3) is 5.91 Å². The van der Waals surface area contributed by atoms with Crippen molar-refractivity contribution in [2.75, 3.05) is 13.1 Å². The van der Waals surface area contributed by atoms with Crippen molar-refractivity contribution in [3.05, 3.63) is 0 Å². The lowest BCUT2D eigenvalue weighted by Crippen LogP contribution is -2.51. The number of rotatable bonds is 3. The van der Waals surface area contributed by atoms with Gasteiger partial charge in [-0.15, -0.1) is 0 Å². The first-order valence-electron chi connectivity index (χ1n) is 9.40. The van der Waals surface area contributed by atoms with E-state index in [9.17, 15) is 14.4 Å². The van der Waals surface area contributed by atoms with Crippen LogP contribution in [0.1, 0.15) is 65.2 Å². The first kappa shape index (κ1) is 17.2. The van der Waals surface area contributed by atoms with E-state index >= 15 is 0 Å². The highest BCUT2D eigenvalue weighted by molar-refractivity contribution is 6.09. The predicted octanol–water partition coefficient (Wildman–Crippen LogP) is 2.28. The highest BCUT2D eigenvalue weighted by Crippen LogP contribution is 2.36. The summed E-state index contributed by atoms with van der Waals surface area (Å²) in [4.78, 5) is 40.9. The molecule has 6 nitrogen and oxygen atoms in total. The molecule has 0 bridgehead atoms. The van der Waals surface area contributed by atoms with Crippen LogP contribution < -0.4 is 5.32 Å². The molecule has 3 aliphatic rings. The van der Waals surface area contributed by atoms with Crippen LogP contribution in [-0.4, -0.2) is 52.3 Å². The molecule has 2 aliphatic heterocycles. The zero-order valence-electron chi connectivity index (χ0n) is 14.8. The molecule has 134 valence electrons. The van der Waals surface area contributed by atoms with Crippen LogP contribution in [-0.2, 0) is 9.59 Å². The fourth-order valence-electron chi connectivity index (χ4n) is 4.39. The highest BCUT2D eigenvalue weighted by atomic mass is 16.2. The van der Waals surface area contributed by atoms with E-state index < -0.39 is 11.6 Å². The molecular weight excluding hydrogens is 306 g/mol. The van der Waals surface area contributed by atoms with E-state index in [0.717, 1.165) is 50.0 Å². The van der Waals surface area contributed by atoms with E-state index in [2.05, 4.69) is 19.2 Å². The monoisotopic (exact) mass is 335 g/mol. The van der Waals surface area contributed by atoms with Gasteiger partial charge in [0.05, 0.1) is 0 Å². The zero-order chi connectivity index (χ0) is 17.3. The van der Waals surface area contributed by atoms with Gasteiger partial charge in [-0.05, 0) is 57.3 Å². The Morgan fingerprint density at radius 3 is 2.58 bits per heavy atom. The molecule has 4 amide bonds. The molecule has 0 radical (unpaired) electrons. The Bertz CT molecular complexity index is 526. The lowest BCUT2D eigenvalue weighted by molar-refractivity contribution is -0.141. The molecular formula is C18H29N3O3. The van der Waals surface area contributed by atoms with Crippen LogP contribution in [0.15, 0.2) is 0 Å². The lowest BCUT2D eigenvalue weighted by atomic mass is 9.77. The Kier molecular flexibility index (Phi) is 4.83. The topological polar surface area (TPSA) is 69.7 Å². The van der Waals surface area contributed by atoms with Gasteiger partial charge in [0, 0.05) is 12.6 Å². The van der Waals surface area contributed by atoms with Gasteiger partial charge < -0.3 is 10.2 Å². The van der Waals surface area contributed by atoms with Crippen molar-refractivity contribution < 1.29 is 14.4 Å². The fourth-order valence-corrected chi connectivity index (χ4v) is 4.39. The standard InChI is InChI=1S/C18H29N3O3/c1-3-14-6-4-5-11-20(14)15(22)12-21-16(23)18(19-17(21)24)9-7-13(2)8-10-18/h13-14H,3-12H2,1-2H3,(H,19,24)/t13?,14-,18?/m1/s1. The number of piperidine rings is 1.